The molecule has 1 saturated heterocycles. The minimum absolute atomic E-state index is 0.579. The predicted molar refractivity (Wildman–Crippen MR) is 71.6 cm³/mol. The van der Waals surface area contributed by atoms with Gasteiger partial charge < -0.3 is 10.1 Å². The SMILES string of the molecule is CNC(C1CCOC1)C1Cc2ccccc2S1. The maximum Gasteiger partial charge on any atom is 0.0510 e. The molecule has 2 nitrogen and oxygen atoms in total. The Hall–Kier alpha value is -0.510. The molecule has 3 atom stereocenters. The number of rotatable bonds is 3. The van der Waals surface area contributed by atoms with Gasteiger partial charge in [-0.25, -0.2) is 0 Å². The highest BCUT2D eigenvalue weighted by atomic mass is 32.2. The predicted octanol–water partition coefficient (Wildman–Crippen LogP) is 2.33. The van der Waals surface area contributed by atoms with Gasteiger partial charge in [-0.1, -0.05) is 18.2 Å². The summed E-state index contributed by atoms with van der Waals surface area (Å²) in [6, 6.07) is 9.38. The van der Waals surface area contributed by atoms with Crippen molar-refractivity contribution in [3.8, 4) is 0 Å². The number of nitrogens with one attached hydrogen (secondary N) is 1. The molecule has 1 fully saturated rings. The lowest BCUT2D eigenvalue weighted by Gasteiger charge is -2.27. The average molecular weight is 249 g/mol. The number of fused-ring (bicyclic) bond motifs is 1. The van der Waals surface area contributed by atoms with E-state index in [1.54, 1.807) is 0 Å². The van der Waals surface area contributed by atoms with Crippen LogP contribution in [-0.2, 0) is 11.2 Å². The fraction of sp³-hybridized carbons (Fsp3) is 0.571. The van der Waals surface area contributed by atoms with Gasteiger partial charge in [0.2, 0.25) is 0 Å². The van der Waals surface area contributed by atoms with Crippen LogP contribution in [0.15, 0.2) is 29.2 Å². The minimum Gasteiger partial charge on any atom is -0.381 e. The summed E-state index contributed by atoms with van der Waals surface area (Å²) >= 11 is 2.04. The standard InChI is InChI=1S/C14H19NOS/c1-15-14(11-6-7-16-9-11)13-8-10-4-2-3-5-12(10)17-13/h2-5,11,13-15H,6-9H2,1H3. The summed E-state index contributed by atoms with van der Waals surface area (Å²) in [5, 5.41) is 4.19. The first kappa shape index (κ1) is 11.6. The van der Waals surface area contributed by atoms with Crippen LogP contribution in [-0.4, -0.2) is 31.6 Å². The lowest BCUT2D eigenvalue weighted by molar-refractivity contribution is 0.177. The van der Waals surface area contributed by atoms with Gasteiger partial charge in [0.15, 0.2) is 0 Å². The molecule has 0 radical (unpaired) electrons. The maximum absolute atomic E-state index is 5.53. The fourth-order valence-corrected chi connectivity index (χ4v) is 4.52. The highest BCUT2D eigenvalue weighted by molar-refractivity contribution is 8.00. The van der Waals surface area contributed by atoms with E-state index >= 15 is 0 Å². The van der Waals surface area contributed by atoms with Crippen molar-refractivity contribution in [3.05, 3.63) is 29.8 Å². The molecule has 1 aromatic carbocycles. The molecule has 3 rings (SSSR count). The summed E-state index contributed by atoms with van der Waals surface area (Å²) in [7, 11) is 2.09. The number of benzene rings is 1. The normalized spacial score (nSPS) is 29.2. The van der Waals surface area contributed by atoms with Crippen LogP contribution >= 0.6 is 11.8 Å². The third kappa shape index (κ3) is 2.24. The Morgan fingerprint density at radius 1 is 1.41 bits per heavy atom. The van der Waals surface area contributed by atoms with Crippen LogP contribution in [0.4, 0.5) is 0 Å². The zero-order chi connectivity index (χ0) is 11.7. The molecule has 0 bridgehead atoms. The van der Waals surface area contributed by atoms with Crippen molar-refractivity contribution in [1.29, 1.82) is 0 Å². The van der Waals surface area contributed by atoms with Crippen LogP contribution in [0.25, 0.3) is 0 Å². The Bertz CT molecular complexity index is 365. The number of thioether (sulfide) groups is 1. The van der Waals surface area contributed by atoms with E-state index in [0.717, 1.165) is 13.2 Å². The summed E-state index contributed by atoms with van der Waals surface area (Å²) in [6.07, 6.45) is 2.40. The minimum atomic E-state index is 0.579. The summed E-state index contributed by atoms with van der Waals surface area (Å²) in [5.74, 6) is 0.687. The second kappa shape index (κ2) is 5.01. The second-order valence-corrected chi connectivity index (χ2v) is 6.19. The van der Waals surface area contributed by atoms with Gasteiger partial charge in [-0.3, -0.25) is 0 Å². The van der Waals surface area contributed by atoms with Gasteiger partial charge in [0.1, 0.15) is 0 Å². The van der Waals surface area contributed by atoms with Crippen molar-refractivity contribution in [2.45, 2.75) is 29.0 Å². The van der Waals surface area contributed by atoms with E-state index in [4.69, 9.17) is 4.74 Å². The summed E-state index contributed by atoms with van der Waals surface area (Å²) in [5.41, 5.74) is 1.52. The molecule has 3 unspecified atom stereocenters. The molecule has 92 valence electrons. The summed E-state index contributed by atoms with van der Waals surface area (Å²) in [6.45, 7) is 1.87. The van der Waals surface area contributed by atoms with E-state index < -0.39 is 0 Å². The van der Waals surface area contributed by atoms with Gasteiger partial charge in [-0.2, -0.15) is 0 Å². The van der Waals surface area contributed by atoms with Crippen molar-refractivity contribution < 1.29 is 4.74 Å². The molecule has 0 saturated carbocycles. The lowest BCUT2D eigenvalue weighted by atomic mass is 9.93. The highest BCUT2D eigenvalue weighted by Gasteiger charge is 2.35. The quantitative estimate of drug-likeness (QED) is 0.888. The molecule has 2 aliphatic heterocycles. The first-order chi connectivity index (χ1) is 8.38. The van der Waals surface area contributed by atoms with Gasteiger partial charge in [0.05, 0.1) is 6.61 Å². The van der Waals surface area contributed by atoms with Gasteiger partial charge >= 0.3 is 0 Å². The highest BCUT2D eigenvalue weighted by Crippen LogP contribution is 2.40. The van der Waals surface area contributed by atoms with Crippen molar-refractivity contribution >= 4 is 11.8 Å². The van der Waals surface area contributed by atoms with Crippen LogP contribution in [0.1, 0.15) is 12.0 Å². The third-order valence-corrected chi connectivity index (χ3v) is 5.29. The van der Waals surface area contributed by atoms with Gasteiger partial charge in [-0.15, -0.1) is 11.8 Å². The average Bonchev–Trinajstić information content (AvgIpc) is 2.98. The number of ether oxygens (including phenoxy) is 1. The Balaban J connectivity index is 1.73. The van der Waals surface area contributed by atoms with Crippen molar-refractivity contribution in [1.82, 2.24) is 5.32 Å². The van der Waals surface area contributed by atoms with Crippen LogP contribution in [0.2, 0.25) is 0 Å². The van der Waals surface area contributed by atoms with Gasteiger partial charge in [0.25, 0.3) is 0 Å². The summed E-state index contributed by atoms with van der Waals surface area (Å²) in [4.78, 5) is 1.47. The van der Waals surface area contributed by atoms with E-state index in [1.165, 1.54) is 23.3 Å². The molecule has 17 heavy (non-hydrogen) atoms. The number of hydrogen-bond acceptors (Lipinski definition) is 3. The van der Waals surface area contributed by atoms with Crippen LogP contribution < -0.4 is 5.32 Å². The molecule has 2 aliphatic rings. The van der Waals surface area contributed by atoms with E-state index in [0.29, 0.717) is 17.2 Å². The van der Waals surface area contributed by atoms with E-state index in [2.05, 4.69) is 36.6 Å². The van der Waals surface area contributed by atoms with Gasteiger partial charge in [-0.05, 0) is 31.5 Å². The molecule has 1 aromatic rings. The molecule has 0 aliphatic carbocycles. The molecular formula is C14H19NOS. The number of hydrogen-bond donors (Lipinski definition) is 1. The molecule has 1 N–H and O–H groups in total. The third-order valence-electron chi connectivity index (χ3n) is 3.88. The zero-order valence-electron chi connectivity index (χ0n) is 10.2. The monoisotopic (exact) mass is 249 g/mol. The van der Waals surface area contributed by atoms with Crippen molar-refractivity contribution in [2.75, 3.05) is 20.3 Å². The van der Waals surface area contributed by atoms with Crippen LogP contribution in [0.3, 0.4) is 0 Å². The lowest BCUT2D eigenvalue weighted by Crippen LogP contribution is -2.42. The van der Waals surface area contributed by atoms with Crippen LogP contribution in [0, 0.1) is 5.92 Å². The molecule has 2 heterocycles. The van der Waals surface area contributed by atoms with Crippen molar-refractivity contribution in [3.63, 3.8) is 0 Å². The topological polar surface area (TPSA) is 21.3 Å². The smallest absolute Gasteiger partial charge is 0.0510 e. The Labute approximate surface area is 107 Å². The zero-order valence-corrected chi connectivity index (χ0v) is 11.0. The van der Waals surface area contributed by atoms with E-state index in [-0.39, 0.29) is 0 Å². The van der Waals surface area contributed by atoms with Crippen molar-refractivity contribution in [2.24, 2.45) is 5.92 Å². The Morgan fingerprint density at radius 2 is 2.29 bits per heavy atom. The van der Waals surface area contributed by atoms with Gasteiger partial charge in [0, 0.05) is 28.7 Å². The first-order valence-electron chi connectivity index (χ1n) is 6.38. The fourth-order valence-electron chi connectivity index (χ4n) is 2.97. The Kier molecular flexibility index (Phi) is 3.41. The largest absolute Gasteiger partial charge is 0.381 e. The molecule has 0 spiro atoms. The Morgan fingerprint density at radius 3 is 3.00 bits per heavy atom. The molecule has 0 amide bonds. The van der Waals surface area contributed by atoms with E-state index in [9.17, 15) is 0 Å². The first-order valence-corrected chi connectivity index (χ1v) is 7.26. The summed E-state index contributed by atoms with van der Waals surface area (Å²) < 4.78 is 5.53. The molecule has 3 heteroatoms. The maximum atomic E-state index is 5.53. The van der Waals surface area contributed by atoms with Crippen LogP contribution in [0.5, 0.6) is 0 Å². The second-order valence-electron chi connectivity index (χ2n) is 4.91. The molecular weight excluding hydrogens is 230 g/mol. The van der Waals surface area contributed by atoms with E-state index in [1.807, 2.05) is 11.8 Å². The molecule has 0 aromatic heterocycles.